The van der Waals surface area contributed by atoms with Crippen LogP contribution in [0.1, 0.15) is 43.1 Å². The Morgan fingerprint density at radius 2 is 2.10 bits per heavy atom. The topological polar surface area (TPSA) is 82.4 Å². The number of amides is 2. The van der Waals surface area contributed by atoms with Gasteiger partial charge in [0.2, 0.25) is 0 Å². The molecule has 0 heterocycles. The maximum Gasteiger partial charge on any atom is 0.411 e. The number of methoxy groups -OCH3 is 1. The van der Waals surface area contributed by atoms with E-state index in [0.717, 1.165) is 12.0 Å². The van der Waals surface area contributed by atoms with Gasteiger partial charge in [0.25, 0.3) is 5.91 Å². The van der Waals surface area contributed by atoms with Gasteiger partial charge < -0.3 is 9.64 Å². The third-order valence-corrected chi connectivity index (χ3v) is 4.62. The number of nitriles is 1. The molecule has 30 heavy (non-hydrogen) atoms. The van der Waals surface area contributed by atoms with E-state index in [1.807, 2.05) is 45.1 Å². The number of aryl methyl sites for hydroxylation is 1. The Balaban J connectivity index is 2.79. The molecule has 0 saturated heterocycles. The van der Waals surface area contributed by atoms with Gasteiger partial charge in [0.1, 0.15) is 0 Å². The van der Waals surface area contributed by atoms with Crippen LogP contribution in [-0.4, -0.2) is 37.1 Å². The van der Waals surface area contributed by atoms with Gasteiger partial charge in [-0.05, 0) is 63.0 Å². The number of anilines is 1. The Morgan fingerprint density at radius 3 is 2.70 bits per heavy atom. The standard InChI is InChI=1S/C24H31N3O3/c1-6-9-20(17-25)11-8-10-18(3)14-15-27(7-2)23(28)21-13-12-19(4)22(16-21)26-24(29)30-5/h6,8-13,16,18H,7,14-15H2,1-5H3,(H,26,29)/b9-6-,10-8+,20-11+. The number of rotatable bonds is 9. The average Bonchev–Trinajstić information content (AvgIpc) is 2.74. The van der Waals surface area contributed by atoms with Gasteiger partial charge >= 0.3 is 6.09 Å². The Bertz CT molecular complexity index is 863. The van der Waals surface area contributed by atoms with Gasteiger partial charge in [-0.15, -0.1) is 0 Å². The molecule has 0 fully saturated rings. The summed E-state index contributed by atoms with van der Waals surface area (Å²) in [6.07, 6.45) is 9.51. The predicted octanol–water partition coefficient (Wildman–Crippen LogP) is 5.24. The molecule has 1 aromatic rings. The highest BCUT2D eigenvalue weighted by Gasteiger charge is 2.16. The molecule has 6 heteroatoms. The van der Waals surface area contributed by atoms with Crippen molar-refractivity contribution in [3.63, 3.8) is 0 Å². The minimum atomic E-state index is -0.571. The van der Waals surface area contributed by atoms with E-state index in [-0.39, 0.29) is 11.8 Å². The zero-order valence-electron chi connectivity index (χ0n) is 18.4. The first-order chi connectivity index (χ1) is 14.4. The van der Waals surface area contributed by atoms with Crippen LogP contribution in [0.4, 0.5) is 10.5 Å². The van der Waals surface area contributed by atoms with Crippen molar-refractivity contribution in [3.8, 4) is 6.07 Å². The number of allylic oxidation sites excluding steroid dienone is 6. The highest BCUT2D eigenvalue weighted by atomic mass is 16.5. The van der Waals surface area contributed by atoms with E-state index >= 15 is 0 Å². The first kappa shape index (κ1) is 24.7. The summed E-state index contributed by atoms with van der Waals surface area (Å²) < 4.78 is 4.63. The van der Waals surface area contributed by atoms with E-state index in [4.69, 9.17) is 5.26 Å². The highest BCUT2D eigenvalue weighted by molar-refractivity contribution is 5.96. The molecule has 160 valence electrons. The summed E-state index contributed by atoms with van der Waals surface area (Å²) in [4.78, 5) is 26.2. The Hall–Kier alpha value is -3.33. The number of carbonyl (C=O) groups is 2. The quantitative estimate of drug-likeness (QED) is 0.446. The molecule has 1 unspecified atom stereocenters. The third-order valence-electron chi connectivity index (χ3n) is 4.62. The molecule has 0 aliphatic heterocycles. The Kier molecular flexibility index (Phi) is 10.7. The summed E-state index contributed by atoms with van der Waals surface area (Å²) in [6.45, 7) is 8.94. The van der Waals surface area contributed by atoms with E-state index < -0.39 is 6.09 Å². The number of nitrogens with one attached hydrogen (secondary N) is 1. The van der Waals surface area contributed by atoms with Gasteiger partial charge in [-0.1, -0.05) is 31.2 Å². The van der Waals surface area contributed by atoms with Gasteiger partial charge in [0.05, 0.1) is 18.8 Å². The van der Waals surface area contributed by atoms with Crippen molar-refractivity contribution < 1.29 is 14.3 Å². The number of ether oxygens (including phenoxy) is 1. The van der Waals surface area contributed by atoms with Crippen LogP contribution in [-0.2, 0) is 4.74 Å². The summed E-state index contributed by atoms with van der Waals surface area (Å²) >= 11 is 0. The van der Waals surface area contributed by atoms with Gasteiger partial charge in [0, 0.05) is 24.3 Å². The van der Waals surface area contributed by atoms with Crippen LogP contribution in [0.25, 0.3) is 0 Å². The van der Waals surface area contributed by atoms with Gasteiger partial charge in [-0.2, -0.15) is 5.26 Å². The van der Waals surface area contributed by atoms with Gasteiger partial charge in [-0.3, -0.25) is 10.1 Å². The van der Waals surface area contributed by atoms with E-state index in [9.17, 15) is 9.59 Å². The molecular formula is C24H31N3O3. The summed E-state index contributed by atoms with van der Waals surface area (Å²) in [6, 6.07) is 7.38. The molecule has 0 spiro atoms. The lowest BCUT2D eigenvalue weighted by molar-refractivity contribution is 0.0759. The molecule has 0 radical (unpaired) electrons. The van der Waals surface area contributed by atoms with Crippen molar-refractivity contribution in [3.05, 3.63) is 65.3 Å². The lowest BCUT2D eigenvalue weighted by Crippen LogP contribution is -2.32. The molecule has 0 saturated carbocycles. The summed E-state index contributed by atoms with van der Waals surface area (Å²) in [5.41, 5.74) is 2.52. The van der Waals surface area contributed by atoms with Crippen LogP contribution < -0.4 is 5.32 Å². The SMILES string of the molecule is C\C=C/C(C#N)=C\C=C\C(C)CCN(CC)C(=O)c1ccc(C)c(NC(=O)OC)c1. The maximum atomic E-state index is 12.9. The minimum absolute atomic E-state index is 0.0821. The smallest absolute Gasteiger partial charge is 0.411 e. The summed E-state index contributed by atoms with van der Waals surface area (Å²) in [5.74, 6) is 0.171. The molecule has 1 N–H and O–H groups in total. The Labute approximate surface area is 179 Å². The van der Waals surface area contributed by atoms with Crippen molar-refractivity contribution in [1.29, 1.82) is 5.26 Å². The molecule has 0 aliphatic carbocycles. The molecule has 1 atom stereocenters. The molecule has 1 aromatic carbocycles. The molecule has 1 rings (SSSR count). The first-order valence-electron chi connectivity index (χ1n) is 10.0. The van der Waals surface area contributed by atoms with E-state index in [0.29, 0.717) is 29.9 Å². The zero-order valence-corrected chi connectivity index (χ0v) is 18.4. The van der Waals surface area contributed by atoms with Crippen molar-refractivity contribution in [1.82, 2.24) is 4.90 Å². The maximum absolute atomic E-state index is 12.9. The second-order valence-corrected chi connectivity index (χ2v) is 6.92. The fourth-order valence-electron chi connectivity index (χ4n) is 2.75. The van der Waals surface area contributed by atoms with Crippen molar-refractivity contribution in [2.24, 2.45) is 5.92 Å². The molecular weight excluding hydrogens is 378 g/mol. The fraction of sp³-hybridized carbons (Fsp3) is 0.375. The normalized spacial score (nSPS) is 12.6. The Morgan fingerprint density at radius 1 is 1.37 bits per heavy atom. The number of benzene rings is 1. The van der Waals surface area contributed by atoms with Crippen LogP contribution in [0.2, 0.25) is 0 Å². The number of carbonyl (C=O) groups excluding carboxylic acids is 2. The van der Waals surface area contributed by atoms with Crippen molar-refractivity contribution in [2.75, 3.05) is 25.5 Å². The predicted molar refractivity (Wildman–Crippen MR) is 120 cm³/mol. The first-order valence-corrected chi connectivity index (χ1v) is 10.0. The van der Waals surface area contributed by atoms with Gasteiger partial charge in [-0.25, -0.2) is 4.79 Å². The second kappa shape index (κ2) is 13.0. The molecule has 0 bridgehead atoms. The van der Waals surface area contributed by atoms with Crippen molar-refractivity contribution in [2.45, 2.75) is 34.1 Å². The largest absolute Gasteiger partial charge is 0.453 e. The lowest BCUT2D eigenvalue weighted by atomic mass is 10.1. The molecule has 6 nitrogen and oxygen atoms in total. The van der Waals surface area contributed by atoms with E-state index in [1.165, 1.54) is 7.11 Å². The average molecular weight is 410 g/mol. The molecule has 0 aliphatic rings. The van der Waals surface area contributed by atoms with Crippen LogP contribution in [0, 0.1) is 24.2 Å². The third kappa shape index (κ3) is 7.96. The van der Waals surface area contributed by atoms with Crippen LogP contribution in [0.5, 0.6) is 0 Å². The number of hydrogen-bond acceptors (Lipinski definition) is 4. The van der Waals surface area contributed by atoms with Gasteiger partial charge in [0.15, 0.2) is 0 Å². The number of hydrogen-bond donors (Lipinski definition) is 1. The molecule has 2 amide bonds. The molecule has 0 aromatic heterocycles. The highest BCUT2D eigenvalue weighted by Crippen LogP contribution is 2.19. The van der Waals surface area contributed by atoms with Crippen LogP contribution in [0.15, 0.2) is 54.2 Å². The fourth-order valence-corrected chi connectivity index (χ4v) is 2.75. The zero-order chi connectivity index (χ0) is 22.5. The lowest BCUT2D eigenvalue weighted by Gasteiger charge is -2.22. The van der Waals surface area contributed by atoms with Crippen LogP contribution in [0.3, 0.4) is 0 Å². The van der Waals surface area contributed by atoms with E-state index in [1.54, 1.807) is 29.2 Å². The minimum Gasteiger partial charge on any atom is -0.453 e. The summed E-state index contributed by atoms with van der Waals surface area (Å²) in [5, 5.41) is 11.7. The number of nitrogens with zero attached hydrogens (tertiary/aromatic N) is 2. The van der Waals surface area contributed by atoms with Crippen LogP contribution >= 0.6 is 0 Å². The van der Waals surface area contributed by atoms with Crippen molar-refractivity contribution >= 4 is 17.7 Å². The summed E-state index contributed by atoms with van der Waals surface area (Å²) in [7, 11) is 1.30. The monoisotopic (exact) mass is 409 g/mol. The second-order valence-electron chi connectivity index (χ2n) is 6.92. The van der Waals surface area contributed by atoms with E-state index in [2.05, 4.69) is 23.0 Å².